The van der Waals surface area contributed by atoms with Crippen LogP contribution in [0.5, 0.6) is 0 Å². The Morgan fingerprint density at radius 1 is 0.684 bits per heavy atom. The first kappa shape index (κ1) is 12.4. The number of hydrogen-bond acceptors (Lipinski definition) is 1. The van der Waals surface area contributed by atoms with Crippen LogP contribution in [0.15, 0.2) is 48.5 Å². The first-order valence-electron chi connectivity index (χ1n) is 7.11. The molecular formula is C18H21N. The van der Waals surface area contributed by atoms with E-state index in [1.807, 2.05) is 0 Å². The van der Waals surface area contributed by atoms with Crippen molar-refractivity contribution in [2.75, 3.05) is 0 Å². The van der Waals surface area contributed by atoms with Crippen LogP contribution < -0.4 is 5.32 Å². The summed E-state index contributed by atoms with van der Waals surface area (Å²) in [6.07, 6.45) is 2.45. The molecule has 0 bridgehead atoms. The molecule has 0 aromatic heterocycles. The molecule has 0 saturated carbocycles. The molecule has 0 aliphatic carbocycles. The standard InChI is InChI=1S/C18H21N/c1-13-3-7-15(8-4-13)17-11-12-18(19-17)16-9-5-14(2)6-10-16/h3-10,17-19H,11-12H2,1-2H3. The van der Waals surface area contributed by atoms with Gasteiger partial charge in [0, 0.05) is 12.1 Å². The molecule has 2 atom stereocenters. The van der Waals surface area contributed by atoms with Crippen LogP contribution in [0.3, 0.4) is 0 Å². The van der Waals surface area contributed by atoms with Crippen LogP contribution in [0.2, 0.25) is 0 Å². The van der Waals surface area contributed by atoms with Gasteiger partial charge in [-0.15, -0.1) is 0 Å². The smallest absolute Gasteiger partial charge is 0.0326 e. The third-order valence-corrected chi connectivity index (χ3v) is 4.11. The minimum absolute atomic E-state index is 0.506. The van der Waals surface area contributed by atoms with Gasteiger partial charge in [0.15, 0.2) is 0 Å². The summed E-state index contributed by atoms with van der Waals surface area (Å²) in [7, 11) is 0. The molecule has 19 heavy (non-hydrogen) atoms. The second kappa shape index (κ2) is 5.18. The number of hydrogen-bond donors (Lipinski definition) is 1. The molecule has 0 spiro atoms. The van der Waals surface area contributed by atoms with E-state index in [0.717, 1.165) is 0 Å². The maximum Gasteiger partial charge on any atom is 0.0326 e. The van der Waals surface area contributed by atoms with Crippen LogP contribution in [0, 0.1) is 13.8 Å². The molecule has 3 rings (SSSR count). The van der Waals surface area contributed by atoms with E-state index >= 15 is 0 Å². The Kier molecular flexibility index (Phi) is 3.39. The molecule has 98 valence electrons. The Morgan fingerprint density at radius 3 is 1.42 bits per heavy atom. The number of aryl methyl sites for hydroxylation is 2. The van der Waals surface area contributed by atoms with E-state index in [1.165, 1.54) is 35.1 Å². The number of nitrogens with one attached hydrogen (secondary N) is 1. The van der Waals surface area contributed by atoms with Gasteiger partial charge in [0.1, 0.15) is 0 Å². The zero-order valence-electron chi connectivity index (χ0n) is 11.7. The summed E-state index contributed by atoms with van der Waals surface area (Å²) in [5.74, 6) is 0. The molecule has 1 nitrogen and oxygen atoms in total. The summed E-state index contributed by atoms with van der Waals surface area (Å²) >= 11 is 0. The second-order valence-corrected chi connectivity index (χ2v) is 5.67. The first-order chi connectivity index (χ1) is 9.22. The highest BCUT2D eigenvalue weighted by Gasteiger charge is 2.25. The zero-order valence-corrected chi connectivity index (χ0v) is 11.7. The van der Waals surface area contributed by atoms with Crippen molar-refractivity contribution in [3.05, 3.63) is 70.8 Å². The topological polar surface area (TPSA) is 12.0 Å². The Bertz CT molecular complexity index is 487. The van der Waals surface area contributed by atoms with Gasteiger partial charge in [0.25, 0.3) is 0 Å². The van der Waals surface area contributed by atoms with Crippen molar-refractivity contribution in [1.82, 2.24) is 5.32 Å². The maximum absolute atomic E-state index is 3.76. The SMILES string of the molecule is Cc1ccc(C2CCC(c3ccc(C)cc3)N2)cc1. The third kappa shape index (κ3) is 2.71. The first-order valence-corrected chi connectivity index (χ1v) is 7.11. The highest BCUT2D eigenvalue weighted by molar-refractivity contribution is 5.28. The van der Waals surface area contributed by atoms with Crippen molar-refractivity contribution >= 4 is 0 Å². The Morgan fingerprint density at radius 2 is 1.05 bits per heavy atom. The van der Waals surface area contributed by atoms with Crippen LogP contribution in [0.4, 0.5) is 0 Å². The van der Waals surface area contributed by atoms with E-state index in [-0.39, 0.29) is 0 Å². The monoisotopic (exact) mass is 251 g/mol. The van der Waals surface area contributed by atoms with Gasteiger partial charge in [-0.25, -0.2) is 0 Å². The van der Waals surface area contributed by atoms with Gasteiger partial charge < -0.3 is 5.32 Å². The maximum atomic E-state index is 3.76. The molecule has 2 unspecified atom stereocenters. The van der Waals surface area contributed by atoms with Crippen LogP contribution >= 0.6 is 0 Å². The minimum atomic E-state index is 0.506. The van der Waals surface area contributed by atoms with E-state index < -0.39 is 0 Å². The lowest BCUT2D eigenvalue weighted by Crippen LogP contribution is -2.17. The largest absolute Gasteiger partial charge is 0.303 e. The van der Waals surface area contributed by atoms with E-state index in [4.69, 9.17) is 0 Å². The van der Waals surface area contributed by atoms with Crippen molar-refractivity contribution in [2.45, 2.75) is 38.8 Å². The molecule has 2 aromatic rings. The molecule has 1 aliphatic rings. The predicted octanol–water partition coefficient (Wildman–Crippen LogP) is 4.47. The fraction of sp³-hybridized carbons (Fsp3) is 0.333. The van der Waals surface area contributed by atoms with Gasteiger partial charge in [0.05, 0.1) is 0 Å². The van der Waals surface area contributed by atoms with Crippen LogP contribution in [0.1, 0.15) is 47.2 Å². The second-order valence-electron chi connectivity index (χ2n) is 5.67. The van der Waals surface area contributed by atoms with Crippen molar-refractivity contribution in [2.24, 2.45) is 0 Å². The van der Waals surface area contributed by atoms with Gasteiger partial charge in [-0.1, -0.05) is 59.7 Å². The van der Waals surface area contributed by atoms with Gasteiger partial charge in [-0.05, 0) is 37.8 Å². The summed E-state index contributed by atoms with van der Waals surface area (Å²) in [5, 5.41) is 3.76. The van der Waals surface area contributed by atoms with Gasteiger partial charge >= 0.3 is 0 Å². The van der Waals surface area contributed by atoms with E-state index in [0.29, 0.717) is 12.1 Å². The fourth-order valence-electron chi connectivity index (χ4n) is 2.87. The molecule has 2 aromatic carbocycles. The minimum Gasteiger partial charge on any atom is -0.303 e. The molecule has 1 aliphatic heterocycles. The molecule has 1 fully saturated rings. The van der Waals surface area contributed by atoms with E-state index in [2.05, 4.69) is 67.7 Å². The predicted molar refractivity (Wildman–Crippen MR) is 80.2 cm³/mol. The molecule has 1 saturated heterocycles. The van der Waals surface area contributed by atoms with Crippen molar-refractivity contribution < 1.29 is 0 Å². The van der Waals surface area contributed by atoms with Crippen molar-refractivity contribution in [3.8, 4) is 0 Å². The summed E-state index contributed by atoms with van der Waals surface area (Å²) in [4.78, 5) is 0. The van der Waals surface area contributed by atoms with Gasteiger partial charge in [-0.2, -0.15) is 0 Å². The normalized spacial score (nSPS) is 22.6. The fourth-order valence-corrected chi connectivity index (χ4v) is 2.87. The van der Waals surface area contributed by atoms with Crippen LogP contribution in [0.25, 0.3) is 0 Å². The quantitative estimate of drug-likeness (QED) is 0.830. The lowest BCUT2D eigenvalue weighted by molar-refractivity contribution is 0.574. The van der Waals surface area contributed by atoms with E-state index in [9.17, 15) is 0 Å². The molecule has 1 N–H and O–H groups in total. The number of benzene rings is 2. The highest BCUT2D eigenvalue weighted by Crippen LogP contribution is 2.34. The Labute approximate surface area is 115 Å². The molecule has 1 heterocycles. The lowest BCUT2D eigenvalue weighted by atomic mass is 10.0. The summed E-state index contributed by atoms with van der Waals surface area (Å²) in [5.41, 5.74) is 5.49. The average molecular weight is 251 g/mol. The van der Waals surface area contributed by atoms with Crippen LogP contribution in [-0.4, -0.2) is 0 Å². The summed E-state index contributed by atoms with van der Waals surface area (Å²) in [6.45, 7) is 4.28. The Balaban J connectivity index is 1.73. The number of rotatable bonds is 2. The van der Waals surface area contributed by atoms with Gasteiger partial charge in [0.2, 0.25) is 0 Å². The Hall–Kier alpha value is -1.60. The third-order valence-electron chi connectivity index (χ3n) is 4.11. The molecular weight excluding hydrogens is 230 g/mol. The molecule has 0 radical (unpaired) electrons. The zero-order chi connectivity index (χ0) is 13.2. The highest BCUT2D eigenvalue weighted by atomic mass is 15.0. The average Bonchev–Trinajstić information content (AvgIpc) is 2.90. The van der Waals surface area contributed by atoms with Crippen molar-refractivity contribution in [1.29, 1.82) is 0 Å². The lowest BCUT2D eigenvalue weighted by Gasteiger charge is -2.15. The molecule has 0 amide bonds. The molecule has 1 heteroatoms. The van der Waals surface area contributed by atoms with Crippen LogP contribution in [-0.2, 0) is 0 Å². The van der Waals surface area contributed by atoms with Gasteiger partial charge in [-0.3, -0.25) is 0 Å². The van der Waals surface area contributed by atoms with Crippen molar-refractivity contribution in [3.63, 3.8) is 0 Å². The van der Waals surface area contributed by atoms with E-state index in [1.54, 1.807) is 0 Å². The summed E-state index contributed by atoms with van der Waals surface area (Å²) in [6, 6.07) is 18.8. The summed E-state index contributed by atoms with van der Waals surface area (Å²) < 4.78 is 0.